The van der Waals surface area contributed by atoms with Gasteiger partial charge in [-0.1, -0.05) is 6.42 Å². The number of carboxylic acids is 3. The zero-order valence-corrected chi connectivity index (χ0v) is 10.2. The number of nitrogens with zero attached hydrogens (tertiary/aromatic N) is 1. The van der Waals surface area contributed by atoms with Crippen LogP contribution in [-0.2, 0) is 14.4 Å². The summed E-state index contributed by atoms with van der Waals surface area (Å²) in [6, 6.07) is 0. The molecular weight excluding hydrogens is 242 g/mol. The van der Waals surface area contributed by atoms with Gasteiger partial charge in [0.15, 0.2) is 0 Å². The third-order valence-corrected chi connectivity index (χ3v) is 2.37. The van der Waals surface area contributed by atoms with Crippen molar-refractivity contribution in [1.82, 2.24) is 4.90 Å². The highest BCUT2D eigenvalue weighted by Gasteiger charge is 2.11. The molecule has 0 spiro atoms. The van der Waals surface area contributed by atoms with E-state index in [-0.39, 0.29) is 25.9 Å². The van der Waals surface area contributed by atoms with Gasteiger partial charge in [-0.05, 0) is 19.4 Å². The van der Waals surface area contributed by atoms with Crippen LogP contribution in [0.5, 0.6) is 0 Å². The van der Waals surface area contributed by atoms with E-state index in [9.17, 15) is 14.4 Å². The Balaban J connectivity index is 3.81. The fraction of sp³-hybridized carbons (Fsp3) is 0.727. The average Bonchev–Trinajstić information content (AvgIpc) is 2.23. The second-order valence-electron chi connectivity index (χ2n) is 4.02. The topological polar surface area (TPSA) is 115 Å². The van der Waals surface area contributed by atoms with Crippen LogP contribution in [0.4, 0.5) is 0 Å². The van der Waals surface area contributed by atoms with Crippen LogP contribution in [-0.4, -0.2) is 57.8 Å². The number of carboxylic acid groups (broad SMARTS) is 3. The van der Waals surface area contributed by atoms with Crippen molar-refractivity contribution in [1.29, 1.82) is 0 Å². The third-order valence-electron chi connectivity index (χ3n) is 2.37. The Kier molecular flexibility index (Phi) is 8.55. The monoisotopic (exact) mass is 261 g/mol. The van der Waals surface area contributed by atoms with Crippen LogP contribution < -0.4 is 0 Å². The summed E-state index contributed by atoms with van der Waals surface area (Å²) in [6.07, 6.45) is 1.92. The summed E-state index contributed by atoms with van der Waals surface area (Å²) < 4.78 is 0. The minimum Gasteiger partial charge on any atom is -0.481 e. The zero-order valence-electron chi connectivity index (χ0n) is 10.2. The molecule has 0 aromatic heterocycles. The van der Waals surface area contributed by atoms with Crippen LogP contribution in [0.15, 0.2) is 0 Å². The fourth-order valence-electron chi connectivity index (χ4n) is 1.50. The highest BCUT2D eigenvalue weighted by molar-refractivity contribution is 5.69. The fourth-order valence-corrected chi connectivity index (χ4v) is 1.50. The molecule has 0 rings (SSSR count). The molecule has 0 aliphatic carbocycles. The van der Waals surface area contributed by atoms with Crippen molar-refractivity contribution in [2.75, 3.05) is 19.6 Å². The van der Waals surface area contributed by atoms with Crippen LogP contribution in [0.2, 0.25) is 0 Å². The SMILES string of the molecule is O=C(O)CCCCCN(CCC(=O)O)CC(=O)O. The molecule has 0 radical (unpaired) electrons. The van der Waals surface area contributed by atoms with Crippen LogP contribution in [0.25, 0.3) is 0 Å². The first-order valence-corrected chi connectivity index (χ1v) is 5.79. The van der Waals surface area contributed by atoms with Gasteiger partial charge in [-0.25, -0.2) is 0 Å². The quantitative estimate of drug-likeness (QED) is 0.463. The molecule has 0 amide bonds. The first-order chi connectivity index (χ1) is 8.41. The Morgan fingerprint density at radius 1 is 0.722 bits per heavy atom. The van der Waals surface area contributed by atoms with Crippen molar-refractivity contribution in [2.24, 2.45) is 0 Å². The molecule has 18 heavy (non-hydrogen) atoms. The number of aliphatic carboxylic acids is 3. The number of unbranched alkanes of at least 4 members (excludes halogenated alkanes) is 2. The van der Waals surface area contributed by atoms with E-state index in [1.54, 1.807) is 4.90 Å². The van der Waals surface area contributed by atoms with Gasteiger partial charge in [0.25, 0.3) is 0 Å². The standard InChI is InChI=1S/C11H19NO6/c13-9(14)4-2-1-3-6-12(8-11(17)18)7-5-10(15)16/h1-8H2,(H,13,14)(H,15,16)(H,17,18). The van der Waals surface area contributed by atoms with E-state index in [1.165, 1.54) is 0 Å². The molecule has 3 N–H and O–H groups in total. The van der Waals surface area contributed by atoms with Gasteiger partial charge in [-0.3, -0.25) is 19.3 Å². The maximum absolute atomic E-state index is 10.6. The highest BCUT2D eigenvalue weighted by Crippen LogP contribution is 2.03. The van der Waals surface area contributed by atoms with Gasteiger partial charge >= 0.3 is 17.9 Å². The summed E-state index contributed by atoms with van der Waals surface area (Å²) in [5, 5.41) is 25.6. The Morgan fingerprint density at radius 2 is 1.33 bits per heavy atom. The summed E-state index contributed by atoms with van der Waals surface area (Å²) in [4.78, 5) is 32.8. The van der Waals surface area contributed by atoms with Gasteiger partial charge in [0.2, 0.25) is 0 Å². The number of hydrogen-bond donors (Lipinski definition) is 3. The predicted molar refractivity (Wildman–Crippen MR) is 62.4 cm³/mol. The lowest BCUT2D eigenvalue weighted by molar-refractivity contribution is -0.141. The van der Waals surface area contributed by atoms with E-state index in [0.29, 0.717) is 25.8 Å². The van der Waals surface area contributed by atoms with E-state index in [1.807, 2.05) is 0 Å². The first-order valence-electron chi connectivity index (χ1n) is 5.79. The van der Waals surface area contributed by atoms with E-state index in [0.717, 1.165) is 0 Å². The molecule has 0 heterocycles. The number of rotatable bonds is 11. The molecule has 0 aromatic carbocycles. The maximum Gasteiger partial charge on any atom is 0.317 e. The molecule has 0 unspecified atom stereocenters. The largest absolute Gasteiger partial charge is 0.481 e. The molecule has 7 heteroatoms. The van der Waals surface area contributed by atoms with Crippen LogP contribution in [0, 0.1) is 0 Å². The number of carbonyl (C=O) groups is 3. The highest BCUT2D eigenvalue weighted by atomic mass is 16.4. The van der Waals surface area contributed by atoms with Gasteiger partial charge in [-0.15, -0.1) is 0 Å². The van der Waals surface area contributed by atoms with Crippen LogP contribution in [0.3, 0.4) is 0 Å². The Labute approximate surface area is 105 Å². The summed E-state index contributed by atoms with van der Waals surface area (Å²) in [6.45, 7) is 0.478. The smallest absolute Gasteiger partial charge is 0.317 e. The molecule has 0 aliphatic rings. The lowest BCUT2D eigenvalue weighted by Gasteiger charge is -2.18. The van der Waals surface area contributed by atoms with Gasteiger partial charge in [0, 0.05) is 13.0 Å². The summed E-state index contributed by atoms with van der Waals surface area (Å²) in [5.41, 5.74) is 0. The molecule has 7 nitrogen and oxygen atoms in total. The lowest BCUT2D eigenvalue weighted by atomic mass is 10.2. The van der Waals surface area contributed by atoms with Crippen LogP contribution in [0.1, 0.15) is 32.1 Å². The van der Waals surface area contributed by atoms with E-state index < -0.39 is 17.9 Å². The molecule has 0 aliphatic heterocycles. The normalized spacial score (nSPS) is 10.5. The molecule has 0 fully saturated rings. The van der Waals surface area contributed by atoms with Crippen molar-refractivity contribution in [3.05, 3.63) is 0 Å². The Bertz CT molecular complexity index is 291. The second-order valence-corrected chi connectivity index (χ2v) is 4.02. The second kappa shape index (κ2) is 9.41. The zero-order chi connectivity index (χ0) is 14.0. The van der Waals surface area contributed by atoms with Crippen molar-refractivity contribution >= 4 is 17.9 Å². The van der Waals surface area contributed by atoms with E-state index >= 15 is 0 Å². The molecular formula is C11H19NO6. The van der Waals surface area contributed by atoms with E-state index in [2.05, 4.69) is 0 Å². The minimum absolute atomic E-state index is 0.0948. The van der Waals surface area contributed by atoms with Crippen molar-refractivity contribution < 1.29 is 29.7 Å². The van der Waals surface area contributed by atoms with Crippen LogP contribution >= 0.6 is 0 Å². The summed E-state index contributed by atoms with van der Waals surface area (Å²) in [5.74, 6) is -2.80. The molecule has 104 valence electrons. The van der Waals surface area contributed by atoms with Gasteiger partial charge < -0.3 is 15.3 Å². The summed E-state index contributed by atoms with van der Waals surface area (Å²) in [7, 11) is 0. The average molecular weight is 261 g/mol. The third kappa shape index (κ3) is 10.9. The lowest BCUT2D eigenvalue weighted by Crippen LogP contribution is -2.32. The van der Waals surface area contributed by atoms with Crippen molar-refractivity contribution in [3.63, 3.8) is 0 Å². The molecule has 0 saturated carbocycles. The van der Waals surface area contributed by atoms with Crippen molar-refractivity contribution in [2.45, 2.75) is 32.1 Å². The molecule has 0 saturated heterocycles. The number of hydrogen-bond acceptors (Lipinski definition) is 4. The first kappa shape index (κ1) is 16.4. The molecule has 0 atom stereocenters. The minimum atomic E-state index is -0.995. The summed E-state index contributed by atoms with van der Waals surface area (Å²) >= 11 is 0. The van der Waals surface area contributed by atoms with Gasteiger partial charge in [0.1, 0.15) is 0 Å². The predicted octanol–water partition coefficient (Wildman–Crippen LogP) is 0.493. The van der Waals surface area contributed by atoms with Gasteiger partial charge in [0.05, 0.1) is 13.0 Å². The Hall–Kier alpha value is -1.63. The van der Waals surface area contributed by atoms with Crippen molar-refractivity contribution in [3.8, 4) is 0 Å². The Morgan fingerprint density at radius 3 is 1.83 bits per heavy atom. The molecule has 0 bridgehead atoms. The van der Waals surface area contributed by atoms with Gasteiger partial charge in [-0.2, -0.15) is 0 Å². The van der Waals surface area contributed by atoms with E-state index in [4.69, 9.17) is 15.3 Å². The molecule has 0 aromatic rings. The maximum atomic E-state index is 10.6.